The second kappa shape index (κ2) is 10.5. The lowest BCUT2D eigenvalue weighted by molar-refractivity contribution is -0.137. The third kappa shape index (κ3) is 5.60. The predicted molar refractivity (Wildman–Crippen MR) is 132 cm³/mol. The highest BCUT2D eigenvalue weighted by Gasteiger charge is 2.32. The van der Waals surface area contributed by atoms with Crippen LogP contribution in [-0.2, 0) is 17.5 Å². The summed E-state index contributed by atoms with van der Waals surface area (Å²) in [6, 6.07) is 2.73. The average Bonchev–Trinajstić information content (AvgIpc) is 3.28. The molecule has 2 saturated heterocycles. The number of rotatable bonds is 5. The monoisotopic (exact) mass is 504 g/mol. The smallest absolute Gasteiger partial charge is 0.357 e. The summed E-state index contributed by atoms with van der Waals surface area (Å²) in [6.07, 6.45) is 5.23. The molecular formula is C26H35F3N6O. The molecule has 196 valence electrons. The molecule has 7 nitrogen and oxygen atoms in total. The molecule has 3 aliphatic heterocycles. The van der Waals surface area contributed by atoms with Crippen molar-refractivity contribution in [3.05, 3.63) is 47.4 Å². The molecule has 0 spiro atoms. The Balaban J connectivity index is 1.30. The Morgan fingerprint density at radius 1 is 1.14 bits per heavy atom. The van der Waals surface area contributed by atoms with E-state index in [0.29, 0.717) is 12.4 Å². The molecule has 5 rings (SSSR count). The van der Waals surface area contributed by atoms with E-state index in [1.165, 1.54) is 17.2 Å². The Bertz CT molecular complexity index is 1060. The molecule has 0 saturated carbocycles. The number of aromatic nitrogens is 3. The molecule has 0 bridgehead atoms. The van der Waals surface area contributed by atoms with Crippen LogP contribution >= 0.6 is 0 Å². The molecular weight excluding hydrogens is 469 g/mol. The lowest BCUT2D eigenvalue weighted by atomic mass is 10.0. The Morgan fingerprint density at radius 2 is 2.00 bits per heavy atom. The Kier molecular flexibility index (Phi) is 7.37. The van der Waals surface area contributed by atoms with Crippen molar-refractivity contribution in [2.45, 2.75) is 57.6 Å². The van der Waals surface area contributed by atoms with Crippen LogP contribution in [0.4, 0.5) is 19.0 Å². The van der Waals surface area contributed by atoms with Gasteiger partial charge in [0.05, 0.1) is 11.3 Å². The minimum absolute atomic E-state index is 0.000343. The quantitative estimate of drug-likeness (QED) is 0.601. The molecule has 5 heterocycles. The van der Waals surface area contributed by atoms with Crippen molar-refractivity contribution in [2.24, 2.45) is 0 Å². The number of nitrogens with zero attached hydrogens (tertiary/aromatic N) is 6. The van der Waals surface area contributed by atoms with Crippen molar-refractivity contribution in [2.75, 3.05) is 51.3 Å². The topological polar surface area (TPSA) is 49.7 Å². The minimum Gasteiger partial charge on any atom is -0.357 e. The van der Waals surface area contributed by atoms with E-state index in [0.717, 1.165) is 83.0 Å². The first-order chi connectivity index (χ1) is 17.3. The van der Waals surface area contributed by atoms with Crippen LogP contribution in [0.3, 0.4) is 0 Å². The van der Waals surface area contributed by atoms with Crippen molar-refractivity contribution in [1.29, 1.82) is 0 Å². The maximum absolute atomic E-state index is 12.9. The summed E-state index contributed by atoms with van der Waals surface area (Å²) in [7, 11) is 2.13. The predicted octanol–water partition coefficient (Wildman–Crippen LogP) is 4.43. The maximum Gasteiger partial charge on any atom is 0.417 e. The van der Waals surface area contributed by atoms with Gasteiger partial charge in [-0.1, -0.05) is 6.08 Å². The molecule has 0 N–H and O–H groups in total. The molecule has 36 heavy (non-hydrogen) atoms. The van der Waals surface area contributed by atoms with Gasteiger partial charge in [0.1, 0.15) is 12.0 Å². The first-order valence-electron chi connectivity index (χ1n) is 12.9. The molecule has 1 unspecified atom stereocenters. The highest BCUT2D eigenvalue weighted by molar-refractivity contribution is 5.66. The van der Waals surface area contributed by atoms with Gasteiger partial charge in [-0.25, -0.2) is 9.67 Å². The Morgan fingerprint density at radius 3 is 2.64 bits per heavy atom. The number of piperazine rings is 1. The molecule has 0 aromatic carbocycles. The molecule has 2 aromatic rings. The first kappa shape index (κ1) is 25.2. The molecule has 0 aliphatic carbocycles. The van der Waals surface area contributed by atoms with E-state index in [1.807, 2.05) is 4.68 Å². The van der Waals surface area contributed by atoms with Crippen molar-refractivity contribution in [3.8, 4) is 0 Å². The van der Waals surface area contributed by atoms with Crippen LogP contribution in [0.5, 0.6) is 0 Å². The van der Waals surface area contributed by atoms with Crippen LogP contribution in [0.25, 0.3) is 5.57 Å². The summed E-state index contributed by atoms with van der Waals surface area (Å²) in [5.74, 6) is 0.592. The van der Waals surface area contributed by atoms with Crippen molar-refractivity contribution in [3.63, 3.8) is 0 Å². The summed E-state index contributed by atoms with van der Waals surface area (Å²) in [6.45, 7) is 7.93. The largest absolute Gasteiger partial charge is 0.417 e. The summed E-state index contributed by atoms with van der Waals surface area (Å²) in [5.41, 5.74) is 2.88. The zero-order chi connectivity index (χ0) is 25.3. The van der Waals surface area contributed by atoms with Crippen LogP contribution in [0.2, 0.25) is 0 Å². The maximum atomic E-state index is 12.9. The molecule has 0 radical (unpaired) electrons. The molecule has 2 atom stereocenters. The molecule has 2 aromatic heterocycles. The van der Waals surface area contributed by atoms with Crippen molar-refractivity contribution < 1.29 is 17.9 Å². The Labute approximate surface area is 210 Å². The van der Waals surface area contributed by atoms with Gasteiger partial charge in [0, 0.05) is 69.9 Å². The number of halogens is 3. The zero-order valence-electron chi connectivity index (χ0n) is 21.0. The van der Waals surface area contributed by atoms with E-state index in [1.54, 1.807) is 0 Å². The van der Waals surface area contributed by atoms with Crippen LogP contribution in [0.15, 0.2) is 30.6 Å². The molecule has 0 amide bonds. The zero-order valence-corrected chi connectivity index (χ0v) is 21.0. The van der Waals surface area contributed by atoms with Gasteiger partial charge in [0.15, 0.2) is 0 Å². The second-order valence-corrected chi connectivity index (χ2v) is 10.2. The summed E-state index contributed by atoms with van der Waals surface area (Å²) in [4.78, 5) is 10.9. The van der Waals surface area contributed by atoms with Crippen LogP contribution in [0, 0.1) is 0 Å². The van der Waals surface area contributed by atoms with E-state index in [4.69, 9.17) is 9.84 Å². The minimum atomic E-state index is -4.37. The van der Waals surface area contributed by atoms with Gasteiger partial charge in [-0.15, -0.1) is 0 Å². The van der Waals surface area contributed by atoms with Gasteiger partial charge < -0.3 is 14.5 Å². The number of hydrogen-bond donors (Lipinski definition) is 0. The fourth-order valence-corrected chi connectivity index (χ4v) is 5.36. The van der Waals surface area contributed by atoms with Gasteiger partial charge in [-0.3, -0.25) is 4.90 Å². The van der Waals surface area contributed by atoms with E-state index in [-0.39, 0.29) is 12.3 Å². The number of anilines is 1. The Hall–Kier alpha value is -2.43. The molecule has 2 fully saturated rings. The second-order valence-electron chi connectivity index (χ2n) is 10.2. The van der Waals surface area contributed by atoms with Crippen LogP contribution in [0.1, 0.15) is 55.7 Å². The van der Waals surface area contributed by atoms with E-state index in [9.17, 15) is 13.2 Å². The fourth-order valence-electron chi connectivity index (χ4n) is 5.36. The number of likely N-dealkylation sites (N-methyl/N-ethyl adjacent to an activating group) is 1. The van der Waals surface area contributed by atoms with Gasteiger partial charge >= 0.3 is 6.18 Å². The molecule has 10 heteroatoms. The van der Waals surface area contributed by atoms with Gasteiger partial charge in [0.25, 0.3) is 0 Å². The number of ether oxygens (including phenoxy) is 1. The van der Waals surface area contributed by atoms with E-state index >= 15 is 0 Å². The van der Waals surface area contributed by atoms with Crippen LogP contribution in [-0.4, -0.2) is 77.0 Å². The van der Waals surface area contributed by atoms with Gasteiger partial charge in [0.2, 0.25) is 0 Å². The highest BCUT2D eigenvalue weighted by atomic mass is 19.4. The number of pyridine rings is 1. The standard InChI is InChI=1S/C26H35F3N6O/c1-19-16-33(12-13-34(19)23-7-6-22(15-30-23)26(27,28)29)17-21-18-35(24-5-3-4-14-36-24)31-25(21)20-8-10-32(2)11-9-20/h6-8,15,18-19,24H,3-5,9-14,16-17H2,1-2H3/t19-,24?/m1/s1. The third-order valence-corrected chi connectivity index (χ3v) is 7.45. The summed E-state index contributed by atoms with van der Waals surface area (Å²) >= 11 is 0. The molecule has 3 aliphatic rings. The average molecular weight is 505 g/mol. The first-order valence-corrected chi connectivity index (χ1v) is 12.9. The third-order valence-electron chi connectivity index (χ3n) is 7.45. The number of alkyl halides is 3. The van der Waals surface area contributed by atoms with Gasteiger partial charge in [-0.2, -0.15) is 18.3 Å². The SMILES string of the molecule is C[C@@H]1CN(Cc2cn(C3CCCCO3)nc2C2=CCN(C)CC2)CCN1c1ccc(C(F)(F)F)cn1. The number of hydrogen-bond acceptors (Lipinski definition) is 6. The fraction of sp³-hybridized carbons (Fsp3) is 0.615. The van der Waals surface area contributed by atoms with E-state index in [2.05, 4.69) is 45.9 Å². The van der Waals surface area contributed by atoms with Gasteiger partial charge in [-0.05, 0) is 57.4 Å². The lowest BCUT2D eigenvalue weighted by Crippen LogP contribution is -2.52. The highest BCUT2D eigenvalue weighted by Crippen LogP contribution is 2.31. The summed E-state index contributed by atoms with van der Waals surface area (Å²) in [5, 5.41) is 5.02. The van der Waals surface area contributed by atoms with Crippen molar-refractivity contribution in [1.82, 2.24) is 24.6 Å². The van der Waals surface area contributed by atoms with E-state index < -0.39 is 11.7 Å². The normalized spacial score (nSPS) is 24.7. The van der Waals surface area contributed by atoms with Crippen LogP contribution < -0.4 is 4.90 Å². The van der Waals surface area contributed by atoms with Crippen molar-refractivity contribution >= 4 is 11.4 Å². The summed E-state index contributed by atoms with van der Waals surface area (Å²) < 4.78 is 46.8. The lowest BCUT2D eigenvalue weighted by Gasteiger charge is -2.40.